The summed E-state index contributed by atoms with van der Waals surface area (Å²) in [6, 6.07) is 16.6. The van der Waals surface area contributed by atoms with E-state index < -0.39 is 5.97 Å². The second-order valence-corrected chi connectivity index (χ2v) is 8.17. The van der Waals surface area contributed by atoms with Crippen molar-refractivity contribution in [2.45, 2.75) is 44.3 Å². The van der Waals surface area contributed by atoms with Crippen LogP contribution in [-0.2, 0) is 22.4 Å². The molecule has 0 radical (unpaired) electrons. The zero-order chi connectivity index (χ0) is 21.6. The minimum Gasteiger partial charge on any atom is -0.481 e. The van der Waals surface area contributed by atoms with Crippen molar-refractivity contribution in [2.75, 3.05) is 5.32 Å². The minimum absolute atomic E-state index is 0.0455. The van der Waals surface area contributed by atoms with Crippen LogP contribution in [0.2, 0.25) is 0 Å². The maximum atomic E-state index is 12.0. The number of ether oxygens (including phenoxy) is 1. The summed E-state index contributed by atoms with van der Waals surface area (Å²) in [6.07, 6.45) is 6.24. The Morgan fingerprint density at radius 2 is 1.74 bits per heavy atom. The molecule has 0 unspecified atom stereocenters. The Labute approximate surface area is 181 Å². The van der Waals surface area contributed by atoms with Crippen LogP contribution in [-0.4, -0.2) is 35.5 Å². The van der Waals surface area contributed by atoms with Crippen LogP contribution >= 0.6 is 0 Å². The molecular weight excluding hydrogens is 394 g/mol. The molecule has 0 saturated carbocycles. The maximum absolute atomic E-state index is 12.0. The zero-order valence-corrected chi connectivity index (χ0v) is 17.2. The summed E-state index contributed by atoms with van der Waals surface area (Å²) in [6.45, 7) is 0. The van der Waals surface area contributed by atoms with Gasteiger partial charge in [0.25, 0.3) is 0 Å². The van der Waals surface area contributed by atoms with Gasteiger partial charge >= 0.3 is 12.0 Å². The molecule has 2 fully saturated rings. The van der Waals surface area contributed by atoms with Crippen molar-refractivity contribution >= 4 is 23.9 Å². The number of hydrogen-bond acceptors (Lipinski definition) is 4. The fraction of sp³-hybridized carbons (Fsp3) is 0.375. The fourth-order valence-corrected chi connectivity index (χ4v) is 4.59. The number of anilines is 1. The summed E-state index contributed by atoms with van der Waals surface area (Å²) >= 11 is 0. The van der Waals surface area contributed by atoms with Crippen LogP contribution in [0.3, 0.4) is 0 Å². The Bertz CT molecular complexity index is 930. The van der Waals surface area contributed by atoms with E-state index in [2.05, 4.69) is 15.8 Å². The highest BCUT2D eigenvalue weighted by Crippen LogP contribution is 2.44. The largest absolute Gasteiger partial charge is 0.481 e. The summed E-state index contributed by atoms with van der Waals surface area (Å²) in [5.74, 6) is -0.276. The standard InChI is InChI=1S/C24H27N3O4/c28-23(29)14-17-8-6-16(7-9-17)10-11-19-20(22-13-12-21(19)31-22)15-25-27-24(30)26-18-4-2-1-3-5-18/h1-9,15,19-22H,10-14H2,(H,28,29)(H2,26,27,30)/b25-15+/t19-,20+,21+,22-/m1/s1. The second-order valence-electron chi connectivity index (χ2n) is 8.17. The molecule has 4 rings (SSSR count). The predicted octanol–water partition coefficient (Wildman–Crippen LogP) is 3.85. The van der Waals surface area contributed by atoms with Crippen LogP contribution in [0.25, 0.3) is 0 Å². The lowest BCUT2D eigenvalue weighted by atomic mass is 9.77. The van der Waals surface area contributed by atoms with E-state index in [0.29, 0.717) is 11.6 Å². The molecule has 7 heteroatoms. The summed E-state index contributed by atoms with van der Waals surface area (Å²) in [4.78, 5) is 22.9. The highest BCUT2D eigenvalue weighted by atomic mass is 16.5. The van der Waals surface area contributed by atoms with E-state index in [1.165, 1.54) is 5.56 Å². The summed E-state index contributed by atoms with van der Waals surface area (Å²) in [5, 5.41) is 15.8. The molecule has 2 aliphatic rings. The number of urea groups is 1. The van der Waals surface area contributed by atoms with Gasteiger partial charge < -0.3 is 15.2 Å². The van der Waals surface area contributed by atoms with E-state index in [-0.39, 0.29) is 30.6 Å². The van der Waals surface area contributed by atoms with Gasteiger partial charge in [-0.05, 0) is 54.9 Å². The van der Waals surface area contributed by atoms with Crippen LogP contribution < -0.4 is 10.7 Å². The number of para-hydroxylation sites is 1. The molecule has 2 heterocycles. The number of carboxylic acids is 1. The maximum Gasteiger partial charge on any atom is 0.339 e. The second kappa shape index (κ2) is 9.75. The van der Waals surface area contributed by atoms with Gasteiger partial charge in [0.15, 0.2) is 0 Å². The number of carbonyl (C=O) groups is 2. The Morgan fingerprint density at radius 1 is 1.03 bits per heavy atom. The summed E-state index contributed by atoms with van der Waals surface area (Å²) < 4.78 is 6.12. The molecular formula is C24H27N3O4. The van der Waals surface area contributed by atoms with Crippen molar-refractivity contribution < 1.29 is 19.4 Å². The van der Waals surface area contributed by atoms with E-state index >= 15 is 0 Å². The Balaban J connectivity index is 1.30. The van der Waals surface area contributed by atoms with Gasteiger partial charge in [0.1, 0.15) is 0 Å². The molecule has 7 nitrogen and oxygen atoms in total. The van der Waals surface area contributed by atoms with Crippen molar-refractivity contribution in [1.82, 2.24) is 5.43 Å². The number of aryl methyl sites for hydroxylation is 1. The smallest absolute Gasteiger partial charge is 0.339 e. The average Bonchev–Trinajstić information content (AvgIpc) is 3.36. The molecule has 4 atom stereocenters. The number of aliphatic carboxylic acids is 1. The number of carboxylic acid groups (broad SMARTS) is 1. The van der Waals surface area contributed by atoms with Crippen molar-refractivity contribution in [3.8, 4) is 0 Å². The van der Waals surface area contributed by atoms with E-state index in [1.54, 1.807) is 0 Å². The Morgan fingerprint density at radius 3 is 2.48 bits per heavy atom. The van der Waals surface area contributed by atoms with Crippen LogP contribution in [0.1, 0.15) is 30.4 Å². The van der Waals surface area contributed by atoms with Gasteiger partial charge in [-0.2, -0.15) is 5.10 Å². The molecule has 0 aromatic heterocycles. The monoisotopic (exact) mass is 421 g/mol. The van der Waals surface area contributed by atoms with E-state index in [1.807, 2.05) is 60.8 Å². The van der Waals surface area contributed by atoms with E-state index in [4.69, 9.17) is 9.84 Å². The molecule has 2 amide bonds. The van der Waals surface area contributed by atoms with Crippen molar-refractivity contribution in [3.63, 3.8) is 0 Å². The molecule has 2 saturated heterocycles. The Kier molecular flexibility index (Phi) is 6.62. The first-order valence-electron chi connectivity index (χ1n) is 10.7. The molecule has 2 aromatic carbocycles. The Hall–Kier alpha value is -3.19. The normalized spacial score (nSPS) is 24.4. The summed E-state index contributed by atoms with van der Waals surface area (Å²) in [5.41, 5.74) is 5.26. The average molecular weight is 421 g/mol. The lowest BCUT2D eigenvalue weighted by Gasteiger charge is -2.25. The number of hydrogen-bond donors (Lipinski definition) is 3. The topological polar surface area (TPSA) is 100 Å². The quantitative estimate of drug-likeness (QED) is 0.445. The third-order valence-electron chi connectivity index (χ3n) is 6.08. The lowest BCUT2D eigenvalue weighted by molar-refractivity contribution is -0.136. The van der Waals surface area contributed by atoms with Gasteiger partial charge in [-0.25, -0.2) is 10.2 Å². The van der Waals surface area contributed by atoms with Crippen LogP contribution in [0.15, 0.2) is 59.7 Å². The van der Waals surface area contributed by atoms with Gasteiger partial charge in [-0.3, -0.25) is 4.79 Å². The third kappa shape index (κ3) is 5.49. The highest BCUT2D eigenvalue weighted by Gasteiger charge is 2.47. The van der Waals surface area contributed by atoms with Gasteiger partial charge in [0.2, 0.25) is 0 Å². The molecule has 0 aliphatic carbocycles. The molecule has 2 aliphatic heterocycles. The first kappa shape index (κ1) is 21.1. The number of nitrogens with one attached hydrogen (secondary N) is 2. The van der Waals surface area contributed by atoms with Gasteiger partial charge in [0.05, 0.1) is 18.6 Å². The number of hydrazone groups is 1. The zero-order valence-electron chi connectivity index (χ0n) is 17.2. The molecule has 2 bridgehead atoms. The van der Waals surface area contributed by atoms with Crippen molar-refractivity contribution in [1.29, 1.82) is 0 Å². The molecule has 162 valence electrons. The third-order valence-corrected chi connectivity index (χ3v) is 6.08. The van der Waals surface area contributed by atoms with Gasteiger partial charge in [-0.1, -0.05) is 42.5 Å². The van der Waals surface area contributed by atoms with Crippen molar-refractivity contribution in [3.05, 3.63) is 65.7 Å². The van der Waals surface area contributed by atoms with E-state index in [9.17, 15) is 9.59 Å². The van der Waals surface area contributed by atoms with Crippen LogP contribution in [0, 0.1) is 11.8 Å². The molecule has 3 N–H and O–H groups in total. The summed E-state index contributed by atoms with van der Waals surface area (Å²) in [7, 11) is 0. The minimum atomic E-state index is -0.819. The number of rotatable bonds is 8. The number of carbonyl (C=O) groups excluding carboxylic acids is 1. The first-order valence-corrected chi connectivity index (χ1v) is 10.7. The number of nitrogens with zero attached hydrogens (tertiary/aromatic N) is 1. The SMILES string of the molecule is O=C(O)Cc1ccc(CC[C@@H]2[C@H](/C=N/NC(=O)Nc3ccccc3)[C@H]3CC[C@@H]2O3)cc1. The molecule has 31 heavy (non-hydrogen) atoms. The van der Waals surface area contributed by atoms with Gasteiger partial charge in [0, 0.05) is 17.8 Å². The van der Waals surface area contributed by atoms with E-state index in [0.717, 1.165) is 31.2 Å². The molecule has 2 aromatic rings. The number of amides is 2. The first-order chi connectivity index (χ1) is 15.1. The molecule has 0 spiro atoms. The number of benzene rings is 2. The fourth-order valence-electron chi connectivity index (χ4n) is 4.59. The number of fused-ring (bicyclic) bond motifs is 2. The van der Waals surface area contributed by atoms with Crippen molar-refractivity contribution in [2.24, 2.45) is 16.9 Å². The van der Waals surface area contributed by atoms with Crippen LogP contribution in [0.4, 0.5) is 10.5 Å². The highest BCUT2D eigenvalue weighted by molar-refractivity contribution is 5.89. The lowest BCUT2D eigenvalue weighted by Crippen LogP contribution is -2.30. The predicted molar refractivity (Wildman–Crippen MR) is 118 cm³/mol. The van der Waals surface area contributed by atoms with Crippen LogP contribution in [0.5, 0.6) is 0 Å². The van der Waals surface area contributed by atoms with Gasteiger partial charge in [-0.15, -0.1) is 0 Å².